The highest BCUT2D eigenvalue weighted by Crippen LogP contribution is 2.22. The zero-order valence-electron chi connectivity index (χ0n) is 14.5. The van der Waals surface area contributed by atoms with Gasteiger partial charge in [-0.2, -0.15) is 0 Å². The third-order valence-corrected chi connectivity index (χ3v) is 5.27. The van der Waals surface area contributed by atoms with Crippen LogP contribution in [0.1, 0.15) is 36.0 Å². The van der Waals surface area contributed by atoms with Gasteiger partial charge in [0.2, 0.25) is 0 Å². The molecule has 0 saturated carbocycles. The normalized spacial score (nSPS) is 21.4. The van der Waals surface area contributed by atoms with Crippen molar-refractivity contribution in [3.05, 3.63) is 48.3 Å². The van der Waals surface area contributed by atoms with E-state index in [0.29, 0.717) is 17.4 Å². The van der Waals surface area contributed by atoms with Gasteiger partial charge in [-0.3, -0.25) is 9.69 Å². The lowest BCUT2D eigenvalue weighted by Gasteiger charge is -2.37. The van der Waals surface area contributed by atoms with Crippen LogP contribution in [0, 0.1) is 0 Å². The summed E-state index contributed by atoms with van der Waals surface area (Å²) in [6.45, 7) is 4.03. The second-order valence-electron chi connectivity index (χ2n) is 6.95. The van der Waals surface area contributed by atoms with Crippen molar-refractivity contribution >= 4 is 5.91 Å². The van der Waals surface area contributed by atoms with Crippen molar-refractivity contribution in [1.82, 2.24) is 19.8 Å². The molecular formula is C20H24N4O. The molecule has 0 bridgehead atoms. The molecular weight excluding hydrogens is 312 g/mol. The van der Waals surface area contributed by atoms with Gasteiger partial charge in [0.1, 0.15) is 0 Å². The summed E-state index contributed by atoms with van der Waals surface area (Å²) in [7, 11) is 0. The number of amides is 1. The Labute approximate surface area is 148 Å². The second kappa shape index (κ2) is 7.31. The highest BCUT2D eigenvalue weighted by Gasteiger charge is 2.29. The van der Waals surface area contributed by atoms with Gasteiger partial charge in [-0.05, 0) is 38.8 Å². The van der Waals surface area contributed by atoms with Gasteiger partial charge >= 0.3 is 0 Å². The number of rotatable bonds is 3. The van der Waals surface area contributed by atoms with Gasteiger partial charge in [0, 0.05) is 37.1 Å². The summed E-state index contributed by atoms with van der Waals surface area (Å²) < 4.78 is 0. The lowest BCUT2D eigenvalue weighted by molar-refractivity contribution is 0.0607. The Hall–Kier alpha value is -2.27. The van der Waals surface area contributed by atoms with E-state index in [-0.39, 0.29) is 5.91 Å². The minimum absolute atomic E-state index is 0.0588. The summed E-state index contributed by atoms with van der Waals surface area (Å²) in [6, 6.07) is 10.4. The third-order valence-electron chi connectivity index (χ3n) is 5.27. The Bertz CT molecular complexity index is 710. The lowest BCUT2D eigenvalue weighted by Crippen LogP contribution is -2.49. The molecule has 4 rings (SSSR count). The van der Waals surface area contributed by atoms with E-state index < -0.39 is 0 Å². The van der Waals surface area contributed by atoms with Crippen molar-refractivity contribution < 1.29 is 4.79 Å². The molecule has 5 nitrogen and oxygen atoms in total. The Kier molecular flexibility index (Phi) is 4.74. The molecule has 3 heterocycles. The molecule has 1 aromatic heterocycles. The van der Waals surface area contributed by atoms with Crippen LogP contribution in [0.15, 0.2) is 42.7 Å². The van der Waals surface area contributed by atoms with Gasteiger partial charge in [-0.15, -0.1) is 0 Å². The van der Waals surface area contributed by atoms with Crippen LogP contribution in [-0.2, 0) is 0 Å². The van der Waals surface area contributed by atoms with Gasteiger partial charge in [-0.1, -0.05) is 30.3 Å². The number of hydrogen-bond acceptors (Lipinski definition) is 4. The summed E-state index contributed by atoms with van der Waals surface area (Å²) in [5, 5.41) is 0. The van der Waals surface area contributed by atoms with Crippen LogP contribution in [0.3, 0.4) is 0 Å². The molecule has 0 N–H and O–H groups in total. The SMILES string of the molecule is O=C(c1cnc(-c2ccccc2)nc1)N1CCCC(N2CCCC2)C1. The summed E-state index contributed by atoms with van der Waals surface area (Å²) >= 11 is 0. The van der Waals surface area contributed by atoms with Crippen LogP contribution in [0.25, 0.3) is 11.4 Å². The maximum absolute atomic E-state index is 12.8. The van der Waals surface area contributed by atoms with Gasteiger partial charge in [0.15, 0.2) is 5.82 Å². The van der Waals surface area contributed by atoms with Gasteiger partial charge in [0.05, 0.1) is 5.56 Å². The zero-order chi connectivity index (χ0) is 17.1. The number of nitrogens with zero attached hydrogens (tertiary/aromatic N) is 4. The van der Waals surface area contributed by atoms with Crippen molar-refractivity contribution in [3.8, 4) is 11.4 Å². The van der Waals surface area contributed by atoms with E-state index in [4.69, 9.17) is 0 Å². The van der Waals surface area contributed by atoms with Crippen LogP contribution in [0.2, 0.25) is 0 Å². The first-order valence-corrected chi connectivity index (χ1v) is 9.22. The number of hydrogen-bond donors (Lipinski definition) is 0. The standard InChI is InChI=1S/C20H24N4O/c25-20(24-12-6-9-18(15-24)23-10-4-5-11-23)17-13-21-19(22-14-17)16-7-2-1-3-8-16/h1-3,7-8,13-14,18H,4-6,9-12,15H2. The zero-order valence-corrected chi connectivity index (χ0v) is 14.5. The van der Waals surface area contributed by atoms with E-state index in [9.17, 15) is 4.79 Å². The van der Waals surface area contributed by atoms with Crippen molar-refractivity contribution in [2.45, 2.75) is 31.7 Å². The molecule has 1 atom stereocenters. The predicted molar refractivity (Wildman–Crippen MR) is 97.2 cm³/mol. The number of benzene rings is 1. The number of aromatic nitrogens is 2. The van der Waals surface area contributed by atoms with Crippen molar-refractivity contribution in [1.29, 1.82) is 0 Å². The Morgan fingerprint density at radius 2 is 1.68 bits per heavy atom. The van der Waals surface area contributed by atoms with E-state index in [1.54, 1.807) is 12.4 Å². The predicted octanol–water partition coefficient (Wildman–Crippen LogP) is 2.84. The van der Waals surface area contributed by atoms with Crippen molar-refractivity contribution in [3.63, 3.8) is 0 Å². The molecule has 1 amide bonds. The molecule has 0 radical (unpaired) electrons. The molecule has 0 aliphatic carbocycles. The lowest BCUT2D eigenvalue weighted by atomic mass is 10.0. The summed E-state index contributed by atoms with van der Waals surface area (Å²) in [5.74, 6) is 0.717. The van der Waals surface area contributed by atoms with Crippen LogP contribution < -0.4 is 0 Å². The monoisotopic (exact) mass is 336 g/mol. The van der Waals surface area contributed by atoms with E-state index in [1.807, 2.05) is 35.2 Å². The average Bonchev–Trinajstić information content (AvgIpc) is 3.23. The molecule has 2 aromatic rings. The summed E-state index contributed by atoms with van der Waals surface area (Å²) in [5.41, 5.74) is 1.55. The van der Waals surface area contributed by atoms with E-state index in [1.165, 1.54) is 32.4 Å². The minimum Gasteiger partial charge on any atom is -0.337 e. The van der Waals surface area contributed by atoms with Crippen LogP contribution in [0.5, 0.6) is 0 Å². The second-order valence-corrected chi connectivity index (χ2v) is 6.95. The minimum atomic E-state index is 0.0588. The topological polar surface area (TPSA) is 49.3 Å². The number of carbonyl (C=O) groups is 1. The molecule has 25 heavy (non-hydrogen) atoms. The third kappa shape index (κ3) is 3.56. The van der Waals surface area contributed by atoms with E-state index in [0.717, 1.165) is 25.1 Å². The van der Waals surface area contributed by atoms with Crippen LogP contribution in [0.4, 0.5) is 0 Å². The highest BCUT2D eigenvalue weighted by atomic mass is 16.2. The fourth-order valence-electron chi connectivity index (χ4n) is 3.90. The molecule has 2 saturated heterocycles. The molecule has 1 unspecified atom stereocenters. The highest BCUT2D eigenvalue weighted by molar-refractivity contribution is 5.93. The maximum Gasteiger partial charge on any atom is 0.257 e. The molecule has 2 aliphatic rings. The first-order chi connectivity index (χ1) is 12.3. The molecule has 130 valence electrons. The van der Waals surface area contributed by atoms with E-state index >= 15 is 0 Å². The maximum atomic E-state index is 12.8. The van der Waals surface area contributed by atoms with Crippen LogP contribution >= 0.6 is 0 Å². The largest absolute Gasteiger partial charge is 0.337 e. The van der Waals surface area contributed by atoms with Crippen LogP contribution in [-0.4, -0.2) is 57.9 Å². The summed E-state index contributed by atoms with van der Waals surface area (Å²) in [6.07, 6.45) is 8.19. The van der Waals surface area contributed by atoms with Gasteiger partial charge < -0.3 is 4.90 Å². The Balaban J connectivity index is 1.45. The molecule has 0 spiro atoms. The first-order valence-electron chi connectivity index (χ1n) is 9.22. The fourth-order valence-corrected chi connectivity index (χ4v) is 3.90. The Morgan fingerprint density at radius 3 is 2.40 bits per heavy atom. The number of piperidine rings is 1. The van der Waals surface area contributed by atoms with Crippen molar-refractivity contribution in [2.75, 3.05) is 26.2 Å². The average molecular weight is 336 g/mol. The van der Waals surface area contributed by atoms with Gasteiger partial charge in [-0.25, -0.2) is 9.97 Å². The molecule has 5 heteroatoms. The molecule has 2 aliphatic heterocycles. The Morgan fingerprint density at radius 1 is 0.960 bits per heavy atom. The van der Waals surface area contributed by atoms with Gasteiger partial charge in [0.25, 0.3) is 5.91 Å². The number of likely N-dealkylation sites (tertiary alicyclic amines) is 2. The summed E-state index contributed by atoms with van der Waals surface area (Å²) in [4.78, 5) is 26.1. The first kappa shape index (κ1) is 16.2. The molecule has 1 aromatic carbocycles. The fraction of sp³-hybridized carbons (Fsp3) is 0.450. The smallest absolute Gasteiger partial charge is 0.257 e. The van der Waals surface area contributed by atoms with E-state index in [2.05, 4.69) is 14.9 Å². The quantitative estimate of drug-likeness (QED) is 0.865. The number of carbonyl (C=O) groups excluding carboxylic acids is 1. The molecule has 2 fully saturated rings. The van der Waals surface area contributed by atoms with Crippen molar-refractivity contribution in [2.24, 2.45) is 0 Å².